The lowest BCUT2D eigenvalue weighted by Crippen LogP contribution is -2.28. The van der Waals surface area contributed by atoms with E-state index in [0.717, 1.165) is 23.1 Å². The molecule has 3 aromatic carbocycles. The molecule has 5 rings (SSSR count). The number of rotatable bonds is 10. The number of anilines is 1. The second-order valence-electron chi connectivity index (χ2n) is 10.3. The third-order valence-electron chi connectivity index (χ3n) is 7.30. The SMILES string of the molecule is CN(C1CC1)C(c1cccc(C#N)c1)c1ccc(F)c(NC(=O)c2cc(C(F)(F)F)nn2-c2cccc(CCN=O)c2)c1. The van der Waals surface area contributed by atoms with Crippen LogP contribution >= 0.6 is 0 Å². The summed E-state index contributed by atoms with van der Waals surface area (Å²) >= 11 is 0. The summed E-state index contributed by atoms with van der Waals surface area (Å²) < 4.78 is 56.9. The van der Waals surface area contributed by atoms with Gasteiger partial charge in [0.05, 0.1) is 35.6 Å². The second-order valence-corrected chi connectivity index (χ2v) is 10.3. The number of carbonyl (C=O) groups excluding carboxylic acids is 1. The van der Waals surface area contributed by atoms with Crippen LogP contribution in [0.3, 0.4) is 0 Å². The molecule has 1 atom stereocenters. The number of nitriles is 1. The van der Waals surface area contributed by atoms with Crippen LogP contribution < -0.4 is 5.32 Å². The van der Waals surface area contributed by atoms with Crippen molar-refractivity contribution in [2.45, 2.75) is 37.5 Å². The van der Waals surface area contributed by atoms with Gasteiger partial charge in [-0.3, -0.25) is 9.69 Å². The monoisotopic (exact) mass is 590 g/mol. The van der Waals surface area contributed by atoms with Crippen molar-refractivity contribution in [1.82, 2.24) is 14.7 Å². The van der Waals surface area contributed by atoms with E-state index in [1.165, 1.54) is 24.3 Å². The largest absolute Gasteiger partial charge is 0.435 e. The van der Waals surface area contributed by atoms with Crippen LogP contribution in [0.5, 0.6) is 0 Å². The zero-order valence-corrected chi connectivity index (χ0v) is 23.0. The Hall–Kier alpha value is -4.89. The predicted octanol–water partition coefficient (Wildman–Crippen LogP) is 6.65. The van der Waals surface area contributed by atoms with Crippen molar-refractivity contribution < 1.29 is 22.4 Å². The van der Waals surface area contributed by atoms with Crippen LogP contribution in [0.1, 0.15) is 57.3 Å². The number of nitroso groups, excluding NO2 is 1. The fraction of sp³-hybridized carbons (Fsp3) is 0.258. The maximum Gasteiger partial charge on any atom is 0.435 e. The summed E-state index contributed by atoms with van der Waals surface area (Å²) in [5, 5.41) is 18.3. The van der Waals surface area contributed by atoms with E-state index in [1.54, 1.807) is 36.4 Å². The van der Waals surface area contributed by atoms with E-state index in [4.69, 9.17) is 0 Å². The van der Waals surface area contributed by atoms with Crippen molar-refractivity contribution in [3.8, 4) is 11.8 Å². The Kier molecular flexibility index (Phi) is 8.36. The summed E-state index contributed by atoms with van der Waals surface area (Å²) in [6.07, 6.45) is -2.64. The molecule has 8 nitrogen and oxygen atoms in total. The number of nitrogens with zero attached hydrogens (tertiary/aromatic N) is 5. The molecule has 220 valence electrons. The van der Waals surface area contributed by atoms with Gasteiger partial charge >= 0.3 is 6.18 Å². The zero-order valence-electron chi connectivity index (χ0n) is 23.0. The van der Waals surface area contributed by atoms with Crippen LogP contribution in [0.4, 0.5) is 23.2 Å². The first kappa shape index (κ1) is 29.6. The van der Waals surface area contributed by atoms with Crippen molar-refractivity contribution >= 4 is 11.6 Å². The molecule has 12 heteroatoms. The molecule has 1 amide bonds. The Labute approximate surface area is 244 Å². The van der Waals surface area contributed by atoms with Gasteiger partial charge in [0.2, 0.25) is 0 Å². The fourth-order valence-corrected chi connectivity index (χ4v) is 5.03. The fourth-order valence-electron chi connectivity index (χ4n) is 5.03. The van der Waals surface area contributed by atoms with Gasteiger partial charge in [-0.15, -0.1) is 0 Å². The molecule has 1 aromatic heterocycles. The van der Waals surface area contributed by atoms with Crippen LogP contribution in [0.25, 0.3) is 5.69 Å². The number of benzene rings is 3. The van der Waals surface area contributed by atoms with Crippen LogP contribution in [-0.2, 0) is 12.6 Å². The molecular weight excluding hydrogens is 564 g/mol. The van der Waals surface area contributed by atoms with E-state index in [-0.39, 0.29) is 36.4 Å². The highest BCUT2D eigenvalue weighted by Crippen LogP contribution is 2.38. The number of nitrogens with one attached hydrogen (secondary N) is 1. The number of alkyl halides is 3. The highest BCUT2D eigenvalue weighted by atomic mass is 19.4. The van der Waals surface area contributed by atoms with E-state index in [9.17, 15) is 28.1 Å². The van der Waals surface area contributed by atoms with Crippen LogP contribution in [0.15, 0.2) is 78.0 Å². The highest BCUT2D eigenvalue weighted by Gasteiger charge is 2.37. The topological polar surface area (TPSA) is 103 Å². The lowest BCUT2D eigenvalue weighted by molar-refractivity contribution is -0.141. The summed E-state index contributed by atoms with van der Waals surface area (Å²) in [6.45, 7) is -0.0307. The van der Waals surface area contributed by atoms with Crippen LogP contribution in [-0.4, -0.2) is 40.2 Å². The molecule has 0 saturated heterocycles. The number of amides is 1. The van der Waals surface area contributed by atoms with Gasteiger partial charge in [-0.1, -0.05) is 35.5 Å². The average Bonchev–Trinajstić information content (AvgIpc) is 3.74. The second kappa shape index (κ2) is 12.1. The summed E-state index contributed by atoms with van der Waals surface area (Å²) in [4.78, 5) is 26.1. The number of halogens is 4. The van der Waals surface area contributed by atoms with Gasteiger partial charge in [-0.2, -0.15) is 28.4 Å². The first-order chi connectivity index (χ1) is 20.6. The first-order valence-electron chi connectivity index (χ1n) is 13.5. The molecule has 1 N–H and O–H groups in total. The van der Waals surface area contributed by atoms with E-state index >= 15 is 4.39 Å². The number of hydrogen-bond acceptors (Lipinski definition) is 6. The van der Waals surface area contributed by atoms with E-state index in [2.05, 4.69) is 26.6 Å². The van der Waals surface area contributed by atoms with Crippen molar-refractivity contribution in [3.05, 3.63) is 117 Å². The Balaban J connectivity index is 1.51. The van der Waals surface area contributed by atoms with E-state index < -0.39 is 29.3 Å². The molecule has 0 bridgehead atoms. The van der Waals surface area contributed by atoms with Crippen LogP contribution in [0.2, 0.25) is 0 Å². The van der Waals surface area contributed by atoms with Gasteiger partial charge in [-0.25, -0.2) is 9.07 Å². The number of aromatic nitrogens is 2. The van der Waals surface area contributed by atoms with E-state index in [0.29, 0.717) is 22.8 Å². The van der Waals surface area contributed by atoms with Gasteiger partial charge in [0.15, 0.2) is 5.69 Å². The molecule has 0 spiro atoms. The Bertz CT molecular complexity index is 1710. The number of hydrogen-bond donors (Lipinski definition) is 1. The van der Waals surface area contributed by atoms with Crippen molar-refractivity contribution in [3.63, 3.8) is 0 Å². The maximum absolute atomic E-state index is 15.1. The van der Waals surface area contributed by atoms with Gasteiger partial charge < -0.3 is 5.32 Å². The molecule has 43 heavy (non-hydrogen) atoms. The average molecular weight is 591 g/mol. The molecule has 0 radical (unpaired) electrons. The molecule has 1 unspecified atom stereocenters. The van der Waals surface area contributed by atoms with E-state index in [1.807, 2.05) is 13.1 Å². The molecular formula is C31H26F4N6O2. The summed E-state index contributed by atoms with van der Waals surface area (Å²) in [5.74, 6) is -1.78. The molecule has 1 saturated carbocycles. The van der Waals surface area contributed by atoms with Gasteiger partial charge in [-0.05, 0) is 79.4 Å². The minimum absolute atomic E-state index is 0.0307. The Morgan fingerprint density at radius 3 is 2.56 bits per heavy atom. The van der Waals surface area contributed by atoms with Crippen molar-refractivity contribution in [2.24, 2.45) is 5.18 Å². The molecule has 4 aromatic rings. The lowest BCUT2D eigenvalue weighted by Gasteiger charge is -2.29. The van der Waals surface area contributed by atoms with Crippen molar-refractivity contribution in [2.75, 3.05) is 18.9 Å². The Morgan fingerprint density at radius 1 is 1.12 bits per heavy atom. The predicted molar refractivity (Wildman–Crippen MR) is 151 cm³/mol. The summed E-state index contributed by atoms with van der Waals surface area (Å²) in [7, 11) is 1.93. The first-order valence-corrected chi connectivity index (χ1v) is 13.5. The summed E-state index contributed by atoms with van der Waals surface area (Å²) in [6, 6.07) is 20.1. The highest BCUT2D eigenvalue weighted by molar-refractivity contribution is 6.03. The summed E-state index contributed by atoms with van der Waals surface area (Å²) in [5.41, 5.74) is 0.672. The number of carbonyl (C=O) groups is 1. The smallest absolute Gasteiger partial charge is 0.318 e. The van der Waals surface area contributed by atoms with Gasteiger partial charge in [0.1, 0.15) is 11.5 Å². The van der Waals surface area contributed by atoms with Gasteiger partial charge in [0, 0.05) is 12.1 Å². The third-order valence-corrected chi connectivity index (χ3v) is 7.30. The quantitative estimate of drug-likeness (QED) is 0.165. The molecule has 0 aliphatic heterocycles. The lowest BCUT2D eigenvalue weighted by atomic mass is 9.95. The van der Waals surface area contributed by atoms with Gasteiger partial charge in [0.25, 0.3) is 5.91 Å². The minimum atomic E-state index is -4.84. The normalized spacial score (nSPS) is 13.9. The third kappa shape index (κ3) is 6.62. The maximum atomic E-state index is 15.1. The minimum Gasteiger partial charge on any atom is -0.318 e. The molecule has 1 aliphatic rings. The molecule has 1 fully saturated rings. The van der Waals surface area contributed by atoms with Crippen molar-refractivity contribution in [1.29, 1.82) is 5.26 Å². The van der Waals surface area contributed by atoms with Crippen LogP contribution in [0, 0.1) is 22.1 Å². The molecule has 1 heterocycles. The Morgan fingerprint density at radius 2 is 1.86 bits per heavy atom. The zero-order chi connectivity index (χ0) is 30.7. The standard InChI is InChI=1S/C31H26F4N6O2/c1-40(23-9-10-23)29(21-6-2-5-20(14-21)18-36)22-8-11-25(32)26(16-22)38-30(42)27-17-28(31(33,34)35)39-41(27)24-7-3-4-19(15-24)12-13-37-43/h2-8,11,14-17,23,29H,9-10,12-13H2,1H3,(H,38,42). The molecule has 1 aliphatic carbocycles.